The fraction of sp³-hybridized carbons (Fsp3) is 0.696. The number of unbranched alkanes of at least 4 members (excludes halogenated alkanes) is 5. The number of rotatable bonds is 17. The van der Waals surface area contributed by atoms with Crippen molar-refractivity contribution in [3.8, 4) is 12.0 Å². The molecule has 1 unspecified atom stereocenters. The minimum atomic E-state index is 0.317. The fourth-order valence-electron chi connectivity index (χ4n) is 2.90. The molecule has 0 aromatic carbocycles. The van der Waals surface area contributed by atoms with E-state index in [1.165, 1.54) is 25.7 Å². The van der Waals surface area contributed by atoms with Crippen LogP contribution in [-0.4, -0.2) is 34.2 Å². The van der Waals surface area contributed by atoms with Crippen LogP contribution in [0.15, 0.2) is 24.3 Å². The monoisotopic (exact) mass is 404 g/mol. The standard InChI is InChI=1S/C23H40N4O2/c1-4-7-10-12-15-20(24)16-13-11-14-17-21-25-22(28-18-8-5-2)27-23(26-21)29-19-9-6-3/h5-6,8-9,20H,4,7,10-19,24H2,1-3H3/b8-5+,9-6+. The fourth-order valence-corrected chi connectivity index (χ4v) is 2.90. The molecule has 0 aliphatic carbocycles. The second-order valence-electron chi connectivity index (χ2n) is 7.29. The summed E-state index contributed by atoms with van der Waals surface area (Å²) in [4.78, 5) is 13.1. The molecule has 0 aliphatic heterocycles. The number of hydrogen-bond acceptors (Lipinski definition) is 6. The highest BCUT2D eigenvalue weighted by Crippen LogP contribution is 2.14. The SMILES string of the molecule is C/C=C/COc1nc(CCCCCC(N)CCCCCC)nc(OC/C=C/C)n1. The number of aryl methyl sites for hydroxylation is 1. The van der Waals surface area contributed by atoms with Gasteiger partial charge in [-0.15, -0.1) is 4.98 Å². The van der Waals surface area contributed by atoms with Crippen LogP contribution in [0.4, 0.5) is 0 Å². The van der Waals surface area contributed by atoms with Gasteiger partial charge in [-0.05, 0) is 33.1 Å². The van der Waals surface area contributed by atoms with Crippen LogP contribution < -0.4 is 15.2 Å². The molecule has 0 spiro atoms. The lowest BCUT2D eigenvalue weighted by Crippen LogP contribution is -2.19. The molecule has 0 saturated carbocycles. The van der Waals surface area contributed by atoms with Crippen molar-refractivity contribution in [2.75, 3.05) is 13.2 Å². The highest BCUT2D eigenvalue weighted by molar-refractivity contribution is 5.06. The largest absolute Gasteiger partial charge is 0.459 e. The molecule has 1 aromatic heterocycles. The number of hydrogen-bond donors (Lipinski definition) is 1. The smallest absolute Gasteiger partial charge is 0.323 e. The lowest BCUT2D eigenvalue weighted by molar-refractivity contribution is 0.294. The number of allylic oxidation sites excluding steroid dienone is 2. The summed E-state index contributed by atoms with van der Waals surface area (Å²) in [6.07, 6.45) is 19.2. The molecule has 2 N–H and O–H groups in total. The summed E-state index contributed by atoms with van der Waals surface area (Å²) in [7, 11) is 0. The van der Waals surface area contributed by atoms with Crippen LogP contribution in [0, 0.1) is 0 Å². The first-order chi connectivity index (χ1) is 14.2. The summed E-state index contributed by atoms with van der Waals surface area (Å²) in [5.41, 5.74) is 6.23. The molecule has 0 amide bonds. The molecule has 0 radical (unpaired) electrons. The Balaban J connectivity index is 2.41. The van der Waals surface area contributed by atoms with Crippen molar-refractivity contribution in [1.29, 1.82) is 0 Å². The Hall–Kier alpha value is -1.95. The second-order valence-corrected chi connectivity index (χ2v) is 7.29. The molecular weight excluding hydrogens is 364 g/mol. The third-order valence-electron chi connectivity index (χ3n) is 4.63. The zero-order valence-electron chi connectivity index (χ0n) is 18.6. The molecule has 29 heavy (non-hydrogen) atoms. The van der Waals surface area contributed by atoms with E-state index in [9.17, 15) is 0 Å². The van der Waals surface area contributed by atoms with E-state index in [0.717, 1.165) is 44.3 Å². The van der Waals surface area contributed by atoms with Crippen LogP contribution in [0.5, 0.6) is 12.0 Å². The van der Waals surface area contributed by atoms with E-state index in [0.29, 0.717) is 31.3 Å². The first-order valence-corrected chi connectivity index (χ1v) is 11.2. The van der Waals surface area contributed by atoms with Crippen molar-refractivity contribution < 1.29 is 9.47 Å². The molecule has 0 saturated heterocycles. The molecule has 1 heterocycles. The van der Waals surface area contributed by atoms with Gasteiger partial charge in [0, 0.05) is 12.5 Å². The number of aromatic nitrogens is 3. The summed E-state index contributed by atoms with van der Waals surface area (Å²) in [5.74, 6) is 0.717. The molecule has 0 bridgehead atoms. The van der Waals surface area contributed by atoms with Crippen LogP contribution in [0.25, 0.3) is 0 Å². The first kappa shape index (κ1) is 25.1. The Morgan fingerprint density at radius 3 is 1.86 bits per heavy atom. The van der Waals surface area contributed by atoms with E-state index in [1.807, 2.05) is 38.2 Å². The lowest BCUT2D eigenvalue weighted by Gasteiger charge is -2.11. The van der Waals surface area contributed by atoms with Crippen LogP contribution >= 0.6 is 0 Å². The summed E-state index contributed by atoms with van der Waals surface area (Å²) in [5, 5.41) is 0. The van der Waals surface area contributed by atoms with E-state index < -0.39 is 0 Å². The normalized spacial score (nSPS) is 12.7. The van der Waals surface area contributed by atoms with E-state index in [1.54, 1.807) is 0 Å². The van der Waals surface area contributed by atoms with Gasteiger partial charge in [0.15, 0.2) is 0 Å². The minimum Gasteiger partial charge on any atom is -0.459 e. The predicted octanol–water partition coefficient (Wildman–Crippen LogP) is 5.18. The van der Waals surface area contributed by atoms with E-state index >= 15 is 0 Å². The minimum absolute atomic E-state index is 0.317. The summed E-state index contributed by atoms with van der Waals surface area (Å²) in [6, 6.07) is 0.970. The van der Waals surface area contributed by atoms with Crippen molar-refractivity contribution in [3.63, 3.8) is 0 Å². The topological polar surface area (TPSA) is 83.2 Å². The Morgan fingerprint density at radius 2 is 1.34 bits per heavy atom. The summed E-state index contributed by atoms with van der Waals surface area (Å²) < 4.78 is 11.2. The van der Waals surface area contributed by atoms with Gasteiger partial charge >= 0.3 is 12.0 Å². The average Bonchev–Trinajstić information content (AvgIpc) is 2.71. The molecular formula is C23H40N4O2. The third kappa shape index (κ3) is 13.0. The molecule has 6 heteroatoms. The van der Waals surface area contributed by atoms with Crippen molar-refractivity contribution >= 4 is 0 Å². The summed E-state index contributed by atoms with van der Waals surface area (Å²) >= 11 is 0. The van der Waals surface area contributed by atoms with Gasteiger partial charge in [0.1, 0.15) is 19.0 Å². The van der Waals surface area contributed by atoms with E-state index in [4.69, 9.17) is 15.2 Å². The Labute approximate surface area is 177 Å². The maximum atomic E-state index is 6.23. The molecule has 1 atom stereocenters. The quantitative estimate of drug-likeness (QED) is 0.284. The molecule has 1 aromatic rings. The van der Waals surface area contributed by atoms with Crippen LogP contribution in [0.1, 0.15) is 84.4 Å². The second kappa shape index (κ2) is 17.0. The first-order valence-electron chi connectivity index (χ1n) is 11.2. The van der Waals surface area contributed by atoms with Crippen LogP contribution in [-0.2, 0) is 6.42 Å². The average molecular weight is 405 g/mol. The third-order valence-corrected chi connectivity index (χ3v) is 4.63. The van der Waals surface area contributed by atoms with Crippen molar-refractivity contribution in [2.24, 2.45) is 5.73 Å². The van der Waals surface area contributed by atoms with Crippen molar-refractivity contribution in [1.82, 2.24) is 15.0 Å². The van der Waals surface area contributed by atoms with Gasteiger partial charge in [-0.2, -0.15) is 9.97 Å². The number of nitrogens with two attached hydrogens (primary N) is 1. The number of ether oxygens (including phenoxy) is 2. The lowest BCUT2D eigenvalue weighted by atomic mass is 10.0. The van der Waals surface area contributed by atoms with Gasteiger partial charge in [0.2, 0.25) is 0 Å². The van der Waals surface area contributed by atoms with E-state index in [2.05, 4.69) is 21.9 Å². The van der Waals surface area contributed by atoms with Crippen molar-refractivity contribution in [3.05, 3.63) is 30.1 Å². The number of nitrogens with zero attached hydrogens (tertiary/aromatic N) is 3. The Bertz CT molecular complexity index is 556. The van der Waals surface area contributed by atoms with Crippen LogP contribution in [0.3, 0.4) is 0 Å². The van der Waals surface area contributed by atoms with Crippen molar-refractivity contribution in [2.45, 2.75) is 91.0 Å². The highest BCUT2D eigenvalue weighted by atomic mass is 16.5. The molecule has 0 fully saturated rings. The highest BCUT2D eigenvalue weighted by Gasteiger charge is 2.09. The predicted molar refractivity (Wildman–Crippen MR) is 119 cm³/mol. The van der Waals surface area contributed by atoms with Gasteiger partial charge in [0.05, 0.1) is 0 Å². The van der Waals surface area contributed by atoms with Crippen LogP contribution in [0.2, 0.25) is 0 Å². The Morgan fingerprint density at radius 1 is 0.793 bits per heavy atom. The molecule has 1 rings (SSSR count). The van der Waals surface area contributed by atoms with E-state index in [-0.39, 0.29) is 0 Å². The molecule has 6 nitrogen and oxygen atoms in total. The summed E-state index contributed by atoms with van der Waals surface area (Å²) in [6.45, 7) is 7.01. The zero-order valence-corrected chi connectivity index (χ0v) is 18.6. The maximum Gasteiger partial charge on any atom is 0.323 e. The maximum absolute atomic E-state index is 6.23. The Kier molecular flexibility index (Phi) is 14.7. The van der Waals surface area contributed by atoms with Gasteiger partial charge < -0.3 is 15.2 Å². The molecule has 164 valence electrons. The molecule has 0 aliphatic rings. The zero-order chi connectivity index (χ0) is 21.2. The van der Waals surface area contributed by atoms with Gasteiger partial charge in [-0.25, -0.2) is 0 Å². The van der Waals surface area contributed by atoms with Gasteiger partial charge in [0.25, 0.3) is 0 Å². The van der Waals surface area contributed by atoms with Gasteiger partial charge in [-0.1, -0.05) is 69.8 Å². The van der Waals surface area contributed by atoms with Gasteiger partial charge in [-0.3, -0.25) is 0 Å².